The summed E-state index contributed by atoms with van der Waals surface area (Å²) >= 11 is 5.54. The minimum Gasteiger partial charge on any atom is -0.492 e. The van der Waals surface area contributed by atoms with Crippen molar-refractivity contribution >= 4 is 146 Å². The molecule has 6 aromatic carbocycles. The van der Waals surface area contributed by atoms with Gasteiger partial charge in [0.1, 0.15) is 41.5 Å². The Balaban J connectivity index is 0.000000437. The van der Waals surface area contributed by atoms with Crippen molar-refractivity contribution in [2.45, 2.75) is 217 Å². The zero-order chi connectivity index (χ0) is 89.5. The van der Waals surface area contributed by atoms with Gasteiger partial charge in [-0.2, -0.15) is 0 Å². The van der Waals surface area contributed by atoms with Crippen LogP contribution in [0, 0.1) is 0 Å². The fourth-order valence-corrected chi connectivity index (χ4v) is 14.4. The average molecular weight is 1720 g/mol. The van der Waals surface area contributed by atoms with Crippen molar-refractivity contribution in [3.05, 3.63) is 129 Å². The second-order valence-electron chi connectivity index (χ2n) is 35.1. The lowest BCUT2D eigenvalue weighted by Crippen LogP contribution is -2.34. The Labute approximate surface area is 718 Å². The number of rotatable bonds is 31. The summed E-state index contributed by atoms with van der Waals surface area (Å²) in [4.78, 5) is 121. The molecule has 0 radical (unpaired) electrons. The van der Waals surface area contributed by atoms with Crippen LogP contribution >= 0.6 is 47.0 Å². The number of alkyl carbamates (subject to hydrolysis) is 3. The molecule has 0 fully saturated rings. The third-order valence-electron chi connectivity index (χ3n) is 16.5. The summed E-state index contributed by atoms with van der Waals surface area (Å²) in [7, 11) is 0. The molecule has 0 aliphatic carbocycles. The van der Waals surface area contributed by atoms with E-state index in [1.165, 1.54) is 85.2 Å². The summed E-state index contributed by atoms with van der Waals surface area (Å²) < 4.78 is 27.9. The molecule has 0 aliphatic heterocycles. The van der Waals surface area contributed by atoms with Gasteiger partial charge in [0.15, 0.2) is 0 Å². The van der Waals surface area contributed by atoms with E-state index in [1.807, 2.05) is 132 Å². The summed E-state index contributed by atoms with van der Waals surface area (Å²) in [5, 5.41) is 26.1. The first-order valence-corrected chi connectivity index (χ1v) is 43.2. The Bertz CT molecular complexity index is 4350. The minimum absolute atomic E-state index is 0.0179. The fourth-order valence-electron chi connectivity index (χ4n) is 10.9. The number of amides is 9. The van der Waals surface area contributed by atoms with E-state index in [4.69, 9.17) is 52.4 Å². The molecule has 6 rings (SSSR count). The van der Waals surface area contributed by atoms with Gasteiger partial charge in [0, 0.05) is 103 Å². The number of anilines is 8. The minimum atomic E-state index is -0.701. The first-order chi connectivity index (χ1) is 55.1. The molecular formula is C87H126N14O14S4. The molecule has 0 unspecified atom stereocenters. The molecule has 9 amide bonds. The van der Waals surface area contributed by atoms with Crippen molar-refractivity contribution in [2.75, 3.05) is 119 Å². The van der Waals surface area contributed by atoms with Gasteiger partial charge in [-0.1, -0.05) is 83.1 Å². The maximum atomic E-state index is 14.4. The normalized spacial score (nSPS) is 11.8. The van der Waals surface area contributed by atoms with Gasteiger partial charge in [0.05, 0.1) is 60.3 Å². The Kier molecular flexibility index (Phi) is 36.6. The van der Waals surface area contributed by atoms with E-state index < -0.39 is 58.7 Å². The molecule has 19 N–H and O–H groups in total. The average Bonchev–Trinajstić information content (AvgIpc) is 0.799. The third kappa shape index (κ3) is 33.9. The molecule has 0 bridgehead atoms. The number of ether oxygens (including phenoxy) is 5. The largest absolute Gasteiger partial charge is 0.492 e. The lowest BCUT2D eigenvalue weighted by atomic mass is 9.86. The number of nitrogen functional groups attached to an aromatic ring is 2. The highest BCUT2D eigenvalue weighted by atomic mass is 32.2. The van der Waals surface area contributed by atoms with Gasteiger partial charge in [-0.3, -0.25) is 28.8 Å². The molecule has 32 heteroatoms. The number of hydrogen-bond acceptors (Lipinski definition) is 23. The summed E-state index contributed by atoms with van der Waals surface area (Å²) in [6, 6.07) is 24.1. The number of nitrogens with two attached hydrogens (primary N) is 5. The van der Waals surface area contributed by atoms with Crippen LogP contribution in [0.1, 0.15) is 223 Å². The monoisotopic (exact) mass is 1720 g/mol. The number of thioether (sulfide) groups is 4. The number of nitrogens with one attached hydrogen (secondary N) is 9. The van der Waals surface area contributed by atoms with Gasteiger partial charge >= 0.3 is 18.3 Å². The van der Waals surface area contributed by atoms with Gasteiger partial charge in [-0.25, -0.2) is 14.4 Å². The number of benzene rings is 6. The summed E-state index contributed by atoms with van der Waals surface area (Å²) in [6.45, 7) is 45.0. The third-order valence-corrected chi connectivity index (χ3v) is 21.2. The van der Waals surface area contributed by atoms with Gasteiger partial charge in [0.25, 0.3) is 23.6 Å². The van der Waals surface area contributed by atoms with Crippen LogP contribution in [-0.4, -0.2) is 146 Å². The second kappa shape index (κ2) is 43.6. The Morgan fingerprint density at radius 2 is 0.563 bits per heavy atom. The molecule has 0 aromatic heterocycles. The van der Waals surface area contributed by atoms with E-state index >= 15 is 0 Å². The van der Waals surface area contributed by atoms with E-state index in [-0.39, 0.29) is 107 Å². The molecule has 28 nitrogen and oxygen atoms in total. The lowest BCUT2D eigenvalue weighted by Gasteiger charge is -2.24. The maximum absolute atomic E-state index is 14.4. The smallest absolute Gasteiger partial charge is 0.407 e. The Morgan fingerprint density at radius 1 is 0.311 bits per heavy atom. The zero-order valence-electron chi connectivity index (χ0n) is 73.3. The molecule has 0 heterocycles. The first-order valence-electron chi connectivity index (χ1n) is 39.2. The SMILES string of the molecule is CC(=O)Nc1cc(C(C)(C)C)cc(NC(=O)c2cc(OCCN)cc(C(=O)Nc3cc(C(C)(C)C)cc(NC(C)=O)c3SCCN)c2)c1SCCN.CC(C)(C)OC(=O)NCCOc1cc(C(=O)Nc2cc(C(C)(C)C)cc(N)c2SCCNC(=O)OC(C)(C)C)cc(C(=O)Nc2cc(C(C)(C)C)cc(N)c2SCCNC(=O)OC(C)(C)C)c1. The molecule has 0 aliphatic rings. The molecular weight excluding hydrogens is 1590 g/mol. The maximum Gasteiger partial charge on any atom is 0.407 e. The predicted octanol–water partition coefficient (Wildman–Crippen LogP) is 16.2. The van der Waals surface area contributed by atoms with Gasteiger partial charge in [-0.15, -0.1) is 47.0 Å². The highest BCUT2D eigenvalue weighted by molar-refractivity contribution is 8.00. The quantitative estimate of drug-likeness (QED) is 0.00832. The molecule has 0 saturated heterocycles. The van der Waals surface area contributed by atoms with E-state index in [2.05, 4.69) is 47.9 Å². The molecule has 119 heavy (non-hydrogen) atoms. The summed E-state index contributed by atoms with van der Waals surface area (Å²) in [5.41, 5.74) is 35.3. The van der Waals surface area contributed by atoms with E-state index in [0.717, 1.165) is 22.3 Å². The molecule has 0 atom stereocenters. The topological polar surface area (TPSA) is 438 Å². The standard InChI is InChI=1S/C49H73N7O9S2.C38H53N7O5S2/c1-45(2,3)31-25-34(50)38(66-20-17-53-43(60)64-48(10,11)12)36(27-31)55-40(57)29-22-30(24-33(23-29)62-19-16-52-42(59)63-47(7,8)9)41(58)56-37-28-32(46(4,5)6)26-35(51)39(37)67-21-18-54-44(61)65-49(13,14)15;1-22(46)42-29-18-26(37(3,4)5)20-31(33(29)51-13-10-40)44-35(48)24-15-25(17-28(16-24)50-12-9-39)36(49)45-32-21-27(38(6,7)8)19-30(43-23(2)47)34(32)52-14-11-41/h22-28H,16-21,50-51H2,1-15H3,(H,52,59)(H,53,60)(H,54,61)(H,55,57)(H,56,58);15-21H,9-14,39-41H2,1-8H3,(H,42,46)(H,43,47)(H,44,48)(H,45,49). The van der Waals surface area contributed by atoms with Crippen molar-refractivity contribution in [1.82, 2.24) is 16.0 Å². The van der Waals surface area contributed by atoms with E-state index in [1.54, 1.807) is 74.4 Å². The number of hydrogen-bond donors (Lipinski definition) is 14. The van der Waals surface area contributed by atoms with Gasteiger partial charge in [0.2, 0.25) is 11.8 Å². The Hall–Kier alpha value is -9.57. The number of carbonyl (C=O) groups excluding carboxylic acids is 9. The van der Waals surface area contributed by atoms with E-state index in [0.29, 0.717) is 101 Å². The van der Waals surface area contributed by atoms with Crippen LogP contribution < -0.4 is 86.0 Å². The molecule has 0 spiro atoms. The molecule has 652 valence electrons. The van der Waals surface area contributed by atoms with Gasteiger partial charge in [-0.05, 0) is 191 Å². The second-order valence-corrected chi connectivity index (χ2v) is 39.5. The molecule has 6 aromatic rings. The van der Waals surface area contributed by atoms with Crippen molar-refractivity contribution in [2.24, 2.45) is 17.2 Å². The van der Waals surface area contributed by atoms with Crippen LogP contribution in [0.4, 0.5) is 59.9 Å². The fraction of sp³-hybridized carbons (Fsp3) is 0.483. The zero-order valence-corrected chi connectivity index (χ0v) is 76.6. The van der Waals surface area contributed by atoms with Crippen molar-refractivity contribution in [3.8, 4) is 11.5 Å². The molecule has 0 saturated carbocycles. The van der Waals surface area contributed by atoms with Crippen LogP contribution in [0.25, 0.3) is 0 Å². The van der Waals surface area contributed by atoms with Crippen molar-refractivity contribution < 1.29 is 66.8 Å². The van der Waals surface area contributed by atoms with Crippen LogP contribution in [0.2, 0.25) is 0 Å². The summed E-state index contributed by atoms with van der Waals surface area (Å²) in [6.07, 6.45) is -1.72. The first kappa shape index (κ1) is 100.0. The predicted molar refractivity (Wildman–Crippen MR) is 486 cm³/mol. The van der Waals surface area contributed by atoms with Crippen LogP contribution in [0.3, 0.4) is 0 Å². The lowest BCUT2D eigenvalue weighted by molar-refractivity contribution is -0.115. The van der Waals surface area contributed by atoms with Gasteiger partial charge < -0.3 is 100 Å². The van der Waals surface area contributed by atoms with Crippen molar-refractivity contribution in [1.29, 1.82) is 0 Å². The Morgan fingerprint density at radius 3 is 0.824 bits per heavy atom. The summed E-state index contributed by atoms with van der Waals surface area (Å²) in [5.74, 6) is -0.236. The highest BCUT2D eigenvalue weighted by Crippen LogP contribution is 2.44. The van der Waals surface area contributed by atoms with Crippen LogP contribution in [-0.2, 0) is 45.5 Å². The number of carbonyl (C=O) groups is 9. The highest BCUT2D eigenvalue weighted by Gasteiger charge is 2.29. The van der Waals surface area contributed by atoms with Crippen molar-refractivity contribution in [3.63, 3.8) is 0 Å². The van der Waals surface area contributed by atoms with E-state index in [9.17, 15) is 43.2 Å². The van der Waals surface area contributed by atoms with Crippen LogP contribution in [0.15, 0.2) is 105 Å². The van der Waals surface area contributed by atoms with Crippen LogP contribution in [0.5, 0.6) is 11.5 Å².